The van der Waals surface area contributed by atoms with Crippen molar-refractivity contribution in [2.45, 2.75) is 25.3 Å². The van der Waals surface area contributed by atoms with Crippen molar-refractivity contribution in [3.05, 3.63) is 136 Å². The monoisotopic (exact) mass is 942 g/mol. The van der Waals surface area contributed by atoms with E-state index in [0.717, 1.165) is 22.8 Å². The molecule has 0 saturated heterocycles. The van der Waals surface area contributed by atoms with Gasteiger partial charge in [0.15, 0.2) is 21.7 Å². The maximum Gasteiger partial charge on any atom is 0.297 e. The van der Waals surface area contributed by atoms with E-state index in [0.29, 0.717) is 22.5 Å². The third-order valence-corrected chi connectivity index (χ3v) is 8.29. The Morgan fingerprint density at radius 3 is 1.69 bits per heavy atom. The molecule has 4 aromatic heterocycles. The standard InChI is InChI=1S/C18H11Cl2F2N5O3.C12H6ClF2N3O2.C6H6Cl2N2O/c1-29-17-10(4-13(20)25-26-17)7-27-8-24-14(16(21)22)15(18(27)28)30-12-3-9(6-23)2-11(19)5-12;13-7-1-6(4-16)2-8(3-7)20-10-9(11(14)15)17-5-18-12(10)19;1-11-6-4(3-7)2-5(8)9-10-6/h2-5,8,16H,7H2,1H3;1-3,5,11H,(H,17,18,19);2H,3H2,1H3. The first-order valence-corrected chi connectivity index (χ1v) is 18.3. The molecular weight excluding hydrogens is 922 g/mol. The third kappa shape index (κ3) is 13.1. The van der Waals surface area contributed by atoms with Gasteiger partial charge in [0.1, 0.15) is 11.5 Å². The topological polar surface area (TPSA) is 217 Å². The number of rotatable bonds is 11. The summed E-state index contributed by atoms with van der Waals surface area (Å²) in [6, 6.07) is 14.6. The molecule has 16 nitrogen and oxygen atoms in total. The van der Waals surface area contributed by atoms with Crippen LogP contribution in [0.2, 0.25) is 20.4 Å². The van der Waals surface area contributed by atoms with Crippen LogP contribution < -0.4 is 30.1 Å². The highest BCUT2D eigenvalue weighted by Crippen LogP contribution is 2.31. The molecule has 0 aliphatic heterocycles. The summed E-state index contributed by atoms with van der Waals surface area (Å²) >= 11 is 28.6. The van der Waals surface area contributed by atoms with E-state index in [1.807, 2.05) is 12.1 Å². The Bertz CT molecular complexity index is 2720. The number of aromatic amines is 1. The minimum absolute atomic E-state index is 0.00514. The molecule has 0 aliphatic carbocycles. The number of ether oxygens (including phenoxy) is 4. The SMILES string of the molecule is COc1nnc(Cl)cc1CCl.COc1nnc(Cl)cc1Cn1cnc(C(F)F)c(Oc2cc(Cl)cc(C#N)c2)c1=O.N#Cc1cc(Cl)cc(Oc2c(C(F)F)nc[nH]c2=O)c1. The van der Waals surface area contributed by atoms with Crippen LogP contribution in [-0.4, -0.2) is 54.1 Å². The summed E-state index contributed by atoms with van der Waals surface area (Å²) in [4.78, 5) is 33.6. The molecule has 4 heterocycles. The number of nitrogens with zero attached hydrogens (tertiary/aromatic N) is 9. The van der Waals surface area contributed by atoms with Crippen LogP contribution in [0, 0.1) is 22.7 Å². The summed E-state index contributed by atoms with van der Waals surface area (Å²) in [5, 5.41) is 33.2. The summed E-state index contributed by atoms with van der Waals surface area (Å²) < 4.78 is 73.9. The third-order valence-electron chi connectivity index (χ3n) is 7.20. The van der Waals surface area contributed by atoms with Gasteiger partial charge in [-0.2, -0.15) is 10.5 Å². The molecule has 0 aliphatic rings. The maximum atomic E-state index is 13.4. The van der Waals surface area contributed by atoms with Crippen molar-refractivity contribution in [2.75, 3.05) is 14.2 Å². The summed E-state index contributed by atoms with van der Waals surface area (Å²) in [5.74, 6) is -0.569. The summed E-state index contributed by atoms with van der Waals surface area (Å²) in [5.41, 5.74) is -1.97. The number of hydrogen-bond acceptors (Lipinski definition) is 14. The first-order valence-electron chi connectivity index (χ1n) is 16.3. The van der Waals surface area contributed by atoms with Gasteiger partial charge in [0.25, 0.3) is 24.0 Å². The van der Waals surface area contributed by atoms with E-state index in [9.17, 15) is 27.2 Å². The van der Waals surface area contributed by atoms with Gasteiger partial charge in [0.2, 0.25) is 23.3 Å². The molecule has 6 aromatic rings. The molecule has 0 atom stereocenters. The zero-order valence-electron chi connectivity index (χ0n) is 30.7. The lowest BCUT2D eigenvalue weighted by Gasteiger charge is -2.14. The predicted octanol–water partition coefficient (Wildman–Crippen LogP) is 8.90. The number of hydrogen-bond donors (Lipinski definition) is 1. The summed E-state index contributed by atoms with van der Waals surface area (Å²) in [7, 11) is 2.86. The largest absolute Gasteiger partial charge is 0.480 e. The van der Waals surface area contributed by atoms with Crippen molar-refractivity contribution in [2.24, 2.45) is 0 Å². The molecule has 61 heavy (non-hydrogen) atoms. The second-order valence-corrected chi connectivity index (χ2v) is 13.2. The second kappa shape index (κ2) is 22.4. The highest BCUT2D eigenvalue weighted by Gasteiger charge is 2.23. The van der Waals surface area contributed by atoms with Gasteiger partial charge in [-0.05, 0) is 48.5 Å². The lowest BCUT2D eigenvalue weighted by Crippen LogP contribution is -2.24. The molecule has 0 fully saturated rings. The number of halogens is 9. The number of alkyl halides is 5. The number of nitrogens with one attached hydrogen (secondary N) is 1. The van der Waals surface area contributed by atoms with Crippen LogP contribution in [0.1, 0.15) is 46.5 Å². The first kappa shape index (κ1) is 47.4. The Morgan fingerprint density at radius 1 is 0.705 bits per heavy atom. The van der Waals surface area contributed by atoms with E-state index in [1.165, 1.54) is 56.7 Å². The Labute approximate surface area is 365 Å². The van der Waals surface area contributed by atoms with Gasteiger partial charge in [-0.1, -0.05) is 46.4 Å². The Balaban J connectivity index is 0.000000226. The van der Waals surface area contributed by atoms with Crippen molar-refractivity contribution in [1.29, 1.82) is 10.5 Å². The van der Waals surface area contributed by atoms with Crippen LogP contribution in [0.25, 0.3) is 0 Å². The molecule has 6 rings (SSSR count). The molecule has 0 unspecified atom stereocenters. The highest BCUT2D eigenvalue weighted by atomic mass is 35.5. The fourth-order valence-electron chi connectivity index (χ4n) is 4.63. The van der Waals surface area contributed by atoms with Gasteiger partial charge in [0, 0.05) is 21.2 Å². The molecule has 1 N–H and O–H groups in total. The number of nitriles is 2. The average molecular weight is 945 g/mol. The van der Waals surface area contributed by atoms with E-state index in [2.05, 4.69) is 35.3 Å². The molecule has 25 heteroatoms. The van der Waals surface area contributed by atoms with Crippen LogP contribution >= 0.6 is 58.0 Å². The molecule has 2 aromatic carbocycles. The van der Waals surface area contributed by atoms with Crippen LogP contribution in [0.4, 0.5) is 17.6 Å². The molecule has 0 bridgehead atoms. The van der Waals surface area contributed by atoms with E-state index >= 15 is 0 Å². The van der Waals surface area contributed by atoms with Crippen molar-refractivity contribution >= 4 is 58.0 Å². The van der Waals surface area contributed by atoms with E-state index in [4.69, 9.17) is 87.5 Å². The average Bonchev–Trinajstić information content (AvgIpc) is 3.22. The van der Waals surface area contributed by atoms with Crippen molar-refractivity contribution in [3.63, 3.8) is 0 Å². The summed E-state index contributed by atoms with van der Waals surface area (Å²) in [6.07, 6.45) is -4.25. The Hall–Kier alpha value is -6.29. The minimum Gasteiger partial charge on any atom is -0.480 e. The lowest BCUT2D eigenvalue weighted by atomic mass is 10.2. The first-order chi connectivity index (χ1) is 29.1. The molecule has 0 saturated carbocycles. The normalized spacial score (nSPS) is 10.4. The number of H-pyrrole nitrogens is 1. The Morgan fingerprint density at radius 2 is 1.20 bits per heavy atom. The molecular formula is C36H23Cl5F4N10O6. The number of methoxy groups -OCH3 is 2. The molecule has 316 valence electrons. The maximum absolute atomic E-state index is 13.4. The van der Waals surface area contributed by atoms with Crippen molar-refractivity contribution < 1.29 is 36.5 Å². The van der Waals surface area contributed by atoms with Gasteiger partial charge in [-0.25, -0.2) is 27.5 Å². The van der Waals surface area contributed by atoms with Gasteiger partial charge in [0.05, 0.1) is 62.6 Å². The van der Waals surface area contributed by atoms with E-state index in [-0.39, 0.29) is 50.2 Å². The van der Waals surface area contributed by atoms with Crippen LogP contribution in [0.3, 0.4) is 0 Å². The predicted molar refractivity (Wildman–Crippen MR) is 212 cm³/mol. The number of benzene rings is 2. The second-order valence-electron chi connectivity index (χ2n) is 11.3. The zero-order chi connectivity index (χ0) is 44.8. The minimum atomic E-state index is -3.08. The molecule has 0 spiro atoms. The van der Waals surface area contributed by atoms with Crippen LogP contribution in [0.15, 0.2) is 70.8 Å². The highest BCUT2D eigenvalue weighted by molar-refractivity contribution is 6.31. The van der Waals surface area contributed by atoms with Gasteiger partial charge < -0.3 is 23.9 Å². The van der Waals surface area contributed by atoms with Crippen LogP contribution in [-0.2, 0) is 12.4 Å². The van der Waals surface area contributed by atoms with Gasteiger partial charge >= 0.3 is 0 Å². The molecule has 0 radical (unpaired) electrons. The van der Waals surface area contributed by atoms with E-state index in [1.54, 1.807) is 6.07 Å². The molecule has 0 amide bonds. The fraction of sp³-hybridized carbons (Fsp3) is 0.167. The van der Waals surface area contributed by atoms with Crippen molar-refractivity contribution in [1.82, 2.24) is 39.9 Å². The van der Waals surface area contributed by atoms with Crippen LogP contribution in [0.5, 0.6) is 34.8 Å². The summed E-state index contributed by atoms with van der Waals surface area (Å²) in [6.45, 7) is -0.150. The van der Waals surface area contributed by atoms with Crippen molar-refractivity contribution in [3.8, 4) is 46.9 Å². The van der Waals surface area contributed by atoms with Gasteiger partial charge in [-0.3, -0.25) is 14.2 Å². The Kier molecular flexibility index (Phi) is 17.4. The quantitative estimate of drug-likeness (QED) is 0.0948. The zero-order valence-corrected chi connectivity index (χ0v) is 34.5. The van der Waals surface area contributed by atoms with E-state index < -0.39 is 46.9 Å². The number of aromatic nitrogens is 8. The lowest BCUT2D eigenvalue weighted by molar-refractivity contribution is 0.141. The van der Waals surface area contributed by atoms with Gasteiger partial charge in [-0.15, -0.1) is 32.0 Å². The smallest absolute Gasteiger partial charge is 0.297 e. The fourth-order valence-corrected chi connectivity index (χ4v) is 5.61.